The fourth-order valence-corrected chi connectivity index (χ4v) is 6.95. The lowest BCUT2D eigenvalue weighted by Crippen LogP contribution is -2.32. The number of hydrogen-bond donors (Lipinski definition) is 0. The minimum absolute atomic E-state index is 0.624. The lowest BCUT2D eigenvalue weighted by atomic mass is 10.1. The van der Waals surface area contributed by atoms with Gasteiger partial charge in [-0.2, -0.15) is 23.5 Å². The third-order valence-electron chi connectivity index (χ3n) is 4.53. The van der Waals surface area contributed by atoms with Crippen LogP contribution >= 0.6 is 23.5 Å². The van der Waals surface area contributed by atoms with Crippen LogP contribution in [0.25, 0.3) is 0 Å². The van der Waals surface area contributed by atoms with Gasteiger partial charge in [-0.15, -0.1) is 0 Å². The van der Waals surface area contributed by atoms with Crippen molar-refractivity contribution in [1.82, 2.24) is 0 Å². The van der Waals surface area contributed by atoms with Gasteiger partial charge in [-0.25, -0.2) is 0 Å². The van der Waals surface area contributed by atoms with Crippen LogP contribution in [0.15, 0.2) is 0 Å². The molecule has 2 saturated heterocycles. The molecule has 4 bridgehead atoms. The third kappa shape index (κ3) is 1.57. The second kappa shape index (κ2) is 3.58. The summed E-state index contributed by atoms with van der Waals surface area (Å²) in [7, 11) is 0. The minimum atomic E-state index is 0.624. The summed E-state index contributed by atoms with van der Waals surface area (Å²) < 4.78 is 6.40. The largest absolute Gasteiger partial charge is 0.373 e. The van der Waals surface area contributed by atoms with Crippen LogP contribution in [0, 0.1) is 11.8 Å². The van der Waals surface area contributed by atoms with E-state index >= 15 is 0 Å². The second-order valence-corrected chi connectivity index (χ2v) is 8.18. The zero-order valence-corrected chi connectivity index (χ0v) is 10.6. The van der Waals surface area contributed by atoms with Gasteiger partial charge in [0.05, 0.1) is 12.2 Å². The minimum Gasteiger partial charge on any atom is -0.373 e. The number of ether oxygens (including phenoxy) is 1. The van der Waals surface area contributed by atoms with E-state index in [2.05, 4.69) is 23.5 Å². The van der Waals surface area contributed by atoms with Crippen molar-refractivity contribution < 1.29 is 4.74 Å². The van der Waals surface area contributed by atoms with Crippen molar-refractivity contribution in [2.45, 2.75) is 48.4 Å². The molecule has 2 saturated carbocycles. The SMILES string of the molecule is C1S[C@@H]2C[C@H]1C[C@H]2O[C@@H]1C[C@@H]2CS[C@@H]1C2. The van der Waals surface area contributed by atoms with Crippen molar-refractivity contribution >= 4 is 23.5 Å². The molecule has 1 nitrogen and oxygen atoms in total. The van der Waals surface area contributed by atoms with E-state index in [1.165, 1.54) is 37.2 Å². The highest BCUT2D eigenvalue weighted by Crippen LogP contribution is 2.50. The first-order chi connectivity index (χ1) is 7.38. The Balaban J connectivity index is 1.40. The molecule has 4 aliphatic rings. The third-order valence-corrected chi connectivity index (χ3v) is 7.71. The van der Waals surface area contributed by atoms with Gasteiger partial charge in [0.2, 0.25) is 0 Å². The van der Waals surface area contributed by atoms with E-state index in [1.807, 2.05) is 0 Å². The molecule has 0 unspecified atom stereocenters. The molecule has 0 aromatic heterocycles. The molecule has 2 aliphatic carbocycles. The van der Waals surface area contributed by atoms with Gasteiger partial charge in [-0.3, -0.25) is 0 Å². The molecule has 0 spiro atoms. The van der Waals surface area contributed by atoms with Crippen LogP contribution in [-0.2, 0) is 4.74 Å². The van der Waals surface area contributed by atoms with Crippen molar-refractivity contribution in [3.05, 3.63) is 0 Å². The standard InChI is InChI=1S/C12H18OS2/c1-7-3-11(14-5-7)9(1)13-10-2-8-4-12(10)15-6-8/h7-12H,1-6H2/t7-,8+,9-,10-,11-,12-/m1/s1. The number of thioether (sulfide) groups is 2. The molecule has 2 aliphatic heterocycles. The molecular formula is C12H18OS2. The fourth-order valence-electron chi connectivity index (χ4n) is 3.77. The predicted molar refractivity (Wildman–Crippen MR) is 66.6 cm³/mol. The molecule has 4 rings (SSSR count). The maximum Gasteiger partial charge on any atom is 0.0701 e. The molecule has 0 N–H and O–H groups in total. The number of rotatable bonds is 2. The van der Waals surface area contributed by atoms with Crippen molar-refractivity contribution in [2.24, 2.45) is 11.8 Å². The van der Waals surface area contributed by atoms with E-state index in [4.69, 9.17) is 4.74 Å². The topological polar surface area (TPSA) is 9.23 Å². The summed E-state index contributed by atoms with van der Waals surface area (Å²) in [6, 6.07) is 0. The Morgan fingerprint density at radius 3 is 1.60 bits per heavy atom. The van der Waals surface area contributed by atoms with Crippen molar-refractivity contribution in [1.29, 1.82) is 0 Å². The molecule has 3 heteroatoms. The van der Waals surface area contributed by atoms with Gasteiger partial charge in [0.1, 0.15) is 0 Å². The van der Waals surface area contributed by atoms with E-state index in [9.17, 15) is 0 Å². The average Bonchev–Trinajstić information content (AvgIpc) is 2.96. The van der Waals surface area contributed by atoms with Crippen LogP contribution in [-0.4, -0.2) is 34.2 Å². The quantitative estimate of drug-likeness (QED) is 0.737. The van der Waals surface area contributed by atoms with Gasteiger partial charge < -0.3 is 4.74 Å². The van der Waals surface area contributed by atoms with Crippen molar-refractivity contribution in [3.63, 3.8) is 0 Å². The summed E-state index contributed by atoms with van der Waals surface area (Å²) in [6.07, 6.45) is 6.89. The molecule has 4 fully saturated rings. The van der Waals surface area contributed by atoms with E-state index in [-0.39, 0.29) is 0 Å². The van der Waals surface area contributed by atoms with Gasteiger partial charge in [0.15, 0.2) is 0 Å². The molecule has 84 valence electrons. The Morgan fingerprint density at radius 1 is 0.733 bits per heavy atom. The molecule has 6 atom stereocenters. The number of fused-ring (bicyclic) bond motifs is 4. The molecule has 0 aromatic carbocycles. The summed E-state index contributed by atoms with van der Waals surface area (Å²) >= 11 is 4.34. The Hall–Kier alpha value is 0.660. The average molecular weight is 242 g/mol. The van der Waals surface area contributed by atoms with Gasteiger partial charge >= 0.3 is 0 Å². The second-order valence-electron chi connectivity index (χ2n) is 5.63. The fraction of sp³-hybridized carbons (Fsp3) is 1.00. The molecule has 0 amide bonds. The van der Waals surface area contributed by atoms with Crippen molar-refractivity contribution in [2.75, 3.05) is 11.5 Å². The zero-order chi connectivity index (χ0) is 9.83. The van der Waals surface area contributed by atoms with Crippen LogP contribution in [0.3, 0.4) is 0 Å². The predicted octanol–water partition coefficient (Wildman–Crippen LogP) is 2.79. The van der Waals surface area contributed by atoms with Gasteiger partial charge in [-0.1, -0.05) is 0 Å². The first-order valence-corrected chi connectivity index (χ1v) is 8.37. The van der Waals surface area contributed by atoms with Crippen LogP contribution in [0.1, 0.15) is 25.7 Å². The lowest BCUT2D eigenvalue weighted by molar-refractivity contribution is -0.00403. The first-order valence-electron chi connectivity index (χ1n) is 6.27. The summed E-state index contributed by atoms with van der Waals surface area (Å²) in [6.45, 7) is 0. The van der Waals surface area contributed by atoms with Crippen molar-refractivity contribution in [3.8, 4) is 0 Å². The smallest absolute Gasteiger partial charge is 0.0701 e. The van der Waals surface area contributed by atoms with E-state index in [1.54, 1.807) is 0 Å². The van der Waals surface area contributed by atoms with E-state index < -0.39 is 0 Å². The van der Waals surface area contributed by atoms with Crippen LogP contribution in [0.4, 0.5) is 0 Å². The normalized spacial score (nSPS) is 56.8. The maximum absolute atomic E-state index is 6.40. The molecular weight excluding hydrogens is 224 g/mol. The molecule has 0 aromatic rings. The summed E-state index contributed by atoms with van der Waals surface area (Å²) in [5.41, 5.74) is 0. The highest BCUT2D eigenvalue weighted by molar-refractivity contribution is 8.00. The highest BCUT2D eigenvalue weighted by Gasteiger charge is 2.46. The molecule has 2 heterocycles. The Labute approximate surface area is 100 Å². The summed E-state index contributed by atoms with van der Waals surface area (Å²) in [4.78, 5) is 0. The maximum atomic E-state index is 6.40. The van der Waals surface area contributed by atoms with E-state index in [0.29, 0.717) is 12.2 Å². The van der Waals surface area contributed by atoms with Gasteiger partial charge in [0, 0.05) is 10.5 Å². The van der Waals surface area contributed by atoms with Gasteiger partial charge in [-0.05, 0) is 49.0 Å². The zero-order valence-electron chi connectivity index (χ0n) is 8.93. The molecule has 15 heavy (non-hydrogen) atoms. The first kappa shape index (κ1) is 9.67. The van der Waals surface area contributed by atoms with Crippen LogP contribution in [0.2, 0.25) is 0 Å². The Bertz CT molecular complexity index is 244. The Morgan fingerprint density at radius 2 is 1.27 bits per heavy atom. The summed E-state index contributed by atoms with van der Waals surface area (Å²) in [5, 5.41) is 1.72. The van der Waals surface area contributed by atoms with Gasteiger partial charge in [0.25, 0.3) is 0 Å². The summed E-state index contributed by atoms with van der Waals surface area (Å²) in [5.74, 6) is 4.82. The van der Waals surface area contributed by atoms with E-state index in [0.717, 1.165) is 22.3 Å². The highest BCUT2D eigenvalue weighted by atomic mass is 32.2. The van der Waals surface area contributed by atoms with Crippen LogP contribution < -0.4 is 0 Å². The van der Waals surface area contributed by atoms with Crippen LogP contribution in [0.5, 0.6) is 0 Å². The number of hydrogen-bond acceptors (Lipinski definition) is 3. The Kier molecular flexibility index (Phi) is 2.30. The lowest BCUT2D eigenvalue weighted by Gasteiger charge is -2.29. The molecule has 0 radical (unpaired) electrons. The monoisotopic (exact) mass is 242 g/mol.